The fourth-order valence-electron chi connectivity index (χ4n) is 2.30. The van der Waals surface area contributed by atoms with Crippen molar-refractivity contribution >= 4 is 0 Å². The molecule has 116 valence electrons. The van der Waals surface area contributed by atoms with Crippen molar-refractivity contribution in [1.29, 1.82) is 0 Å². The third-order valence-electron chi connectivity index (χ3n) is 3.49. The number of rotatable bonds is 6. The third kappa shape index (κ3) is 3.51. The minimum atomic E-state index is -1.89. The first-order valence-electron chi connectivity index (χ1n) is 6.12. The zero-order valence-electron chi connectivity index (χ0n) is 10.6. The summed E-state index contributed by atoms with van der Waals surface area (Å²) >= 11 is 0. The van der Waals surface area contributed by atoms with Gasteiger partial charge in [0.2, 0.25) is 6.04 Å². The Labute approximate surface area is 114 Å². The second-order valence-corrected chi connectivity index (χ2v) is 4.82. The molecule has 0 aromatic carbocycles. The molecule has 0 aromatic rings. The Morgan fingerprint density at radius 1 is 1.25 bits per heavy atom. The number of hydrogen-bond donors (Lipinski definition) is 6. The zero-order chi connectivity index (χ0) is 15.4. The van der Waals surface area contributed by atoms with Crippen molar-refractivity contribution in [2.75, 3.05) is 6.61 Å². The third-order valence-corrected chi connectivity index (χ3v) is 3.49. The first-order valence-corrected chi connectivity index (χ1v) is 6.12. The Kier molecular flexibility index (Phi) is 5.99. The van der Waals surface area contributed by atoms with Gasteiger partial charge in [-0.2, -0.15) is 0 Å². The number of aliphatic hydroxyl groups is 6. The summed E-state index contributed by atoms with van der Waals surface area (Å²) in [6, 6.07) is -1.52. The molecule has 9 nitrogen and oxygen atoms in total. The van der Waals surface area contributed by atoms with Crippen LogP contribution in [0.4, 0.5) is 0 Å². The van der Waals surface area contributed by atoms with Crippen LogP contribution in [0.2, 0.25) is 0 Å². The van der Waals surface area contributed by atoms with Crippen LogP contribution in [-0.2, 0) is 0 Å². The van der Waals surface area contributed by atoms with Crippen LogP contribution in [-0.4, -0.2) is 78.7 Å². The Morgan fingerprint density at radius 3 is 2.35 bits per heavy atom. The van der Waals surface area contributed by atoms with E-state index in [-0.39, 0.29) is 6.42 Å². The standard InChI is InChI=1S/C11H19NO8/c13-4-7(15)10(17)11(18)9(16)5-2-1-3-6(14)8(5)12(19)20/h1,3,5-11,13-18H,2,4H2/t5-,6-,7+,8+,9?,10-,11+/m0/s1. The molecule has 0 fully saturated rings. The molecule has 0 radical (unpaired) electrons. The van der Waals surface area contributed by atoms with Gasteiger partial charge in [-0.25, -0.2) is 0 Å². The normalized spacial score (nSPS) is 32.4. The Hall–Kier alpha value is -1.10. The van der Waals surface area contributed by atoms with E-state index in [2.05, 4.69) is 0 Å². The predicted molar refractivity (Wildman–Crippen MR) is 65.1 cm³/mol. The van der Waals surface area contributed by atoms with Crippen molar-refractivity contribution in [3.05, 3.63) is 22.3 Å². The van der Waals surface area contributed by atoms with Crippen molar-refractivity contribution in [2.45, 2.75) is 43.0 Å². The fraction of sp³-hybridized carbons (Fsp3) is 0.818. The highest BCUT2D eigenvalue weighted by Gasteiger charge is 2.46. The van der Waals surface area contributed by atoms with E-state index in [9.17, 15) is 35.6 Å². The minimum absolute atomic E-state index is 0.0306. The van der Waals surface area contributed by atoms with Crippen molar-refractivity contribution < 1.29 is 35.6 Å². The molecule has 0 saturated heterocycles. The van der Waals surface area contributed by atoms with E-state index >= 15 is 0 Å². The van der Waals surface area contributed by atoms with E-state index in [4.69, 9.17) is 5.11 Å². The van der Waals surface area contributed by atoms with Crippen molar-refractivity contribution in [3.63, 3.8) is 0 Å². The zero-order valence-corrected chi connectivity index (χ0v) is 10.6. The van der Waals surface area contributed by atoms with Gasteiger partial charge in [-0.05, 0) is 6.42 Å². The van der Waals surface area contributed by atoms with Crippen LogP contribution in [0.3, 0.4) is 0 Å². The van der Waals surface area contributed by atoms with Gasteiger partial charge in [-0.3, -0.25) is 10.1 Å². The molecule has 1 aliphatic carbocycles. The molecule has 7 atom stereocenters. The topological polar surface area (TPSA) is 165 Å². The molecule has 20 heavy (non-hydrogen) atoms. The first kappa shape index (κ1) is 17.0. The molecule has 0 heterocycles. The lowest BCUT2D eigenvalue weighted by molar-refractivity contribution is -0.545. The van der Waals surface area contributed by atoms with E-state index in [1.54, 1.807) is 0 Å². The van der Waals surface area contributed by atoms with Gasteiger partial charge in [0.15, 0.2) is 0 Å². The number of allylic oxidation sites excluding steroid dienone is 1. The fourth-order valence-corrected chi connectivity index (χ4v) is 2.30. The quantitative estimate of drug-likeness (QED) is 0.171. The summed E-state index contributed by atoms with van der Waals surface area (Å²) in [6.45, 7) is -0.837. The molecule has 0 spiro atoms. The SMILES string of the molecule is O=[N+]([O-])[C@@H]1[C@@H](C(O)[C@@H](O)[C@@H](O)[C@H](O)CO)CC=C[C@@H]1O. The van der Waals surface area contributed by atoms with Gasteiger partial charge in [-0.1, -0.05) is 12.2 Å². The molecule has 0 aliphatic heterocycles. The van der Waals surface area contributed by atoms with Crippen molar-refractivity contribution in [1.82, 2.24) is 0 Å². The van der Waals surface area contributed by atoms with Gasteiger partial charge in [0.1, 0.15) is 24.4 Å². The molecular weight excluding hydrogens is 274 g/mol. The summed E-state index contributed by atoms with van der Waals surface area (Å²) in [4.78, 5) is 10.2. The van der Waals surface area contributed by atoms with Crippen LogP contribution >= 0.6 is 0 Å². The maximum absolute atomic E-state index is 10.9. The van der Waals surface area contributed by atoms with E-state index in [0.717, 1.165) is 0 Å². The van der Waals surface area contributed by atoms with Crippen LogP contribution < -0.4 is 0 Å². The van der Waals surface area contributed by atoms with Crippen LogP contribution in [0.15, 0.2) is 12.2 Å². The van der Waals surface area contributed by atoms with Gasteiger partial charge >= 0.3 is 0 Å². The highest BCUT2D eigenvalue weighted by molar-refractivity contribution is 5.05. The van der Waals surface area contributed by atoms with Gasteiger partial charge in [-0.15, -0.1) is 0 Å². The lowest BCUT2D eigenvalue weighted by Gasteiger charge is -2.34. The van der Waals surface area contributed by atoms with E-state index in [0.29, 0.717) is 0 Å². The number of nitro groups is 1. The lowest BCUT2D eigenvalue weighted by Crippen LogP contribution is -2.54. The molecule has 6 N–H and O–H groups in total. The van der Waals surface area contributed by atoms with E-state index < -0.39 is 54.0 Å². The summed E-state index contributed by atoms with van der Waals surface area (Å²) in [5.41, 5.74) is 0. The number of nitrogens with zero attached hydrogens (tertiary/aromatic N) is 1. The maximum Gasteiger partial charge on any atom is 0.247 e. The molecule has 0 amide bonds. The van der Waals surface area contributed by atoms with Crippen molar-refractivity contribution in [3.8, 4) is 0 Å². The molecule has 1 unspecified atom stereocenters. The number of aliphatic hydroxyl groups excluding tert-OH is 6. The average molecular weight is 293 g/mol. The molecule has 0 bridgehead atoms. The van der Waals surface area contributed by atoms with Crippen LogP contribution in [0.5, 0.6) is 0 Å². The second-order valence-electron chi connectivity index (χ2n) is 4.82. The second kappa shape index (κ2) is 7.07. The predicted octanol–water partition coefficient (Wildman–Crippen LogP) is -3.00. The lowest BCUT2D eigenvalue weighted by atomic mass is 9.80. The highest BCUT2D eigenvalue weighted by Crippen LogP contribution is 2.28. The van der Waals surface area contributed by atoms with E-state index in [1.807, 2.05) is 0 Å². The smallest absolute Gasteiger partial charge is 0.247 e. The summed E-state index contributed by atoms with van der Waals surface area (Å²) in [7, 11) is 0. The Balaban J connectivity index is 2.86. The summed E-state index contributed by atoms with van der Waals surface area (Å²) < 4.78 is 0. The monoisotopic (exact) mass is 293 g/mol. The number of hydrogen-bond acceptors (Lipinski definition) is 8. The highest BCUT2D eigenvalue weighted by atomic mass is 16.6. The summed E-state index contributed by atoms with van der Waals surface area (Å²) in [5.74, 6) is -1.12. The largest absolute Gasteiger partial charge is 0.394 e. The van der Waals surface area contributed by atoms with Crippen molar-refractivity contribution in [2.24, 2.45) is 5.92 Å². The summed E-state index contributed by atoms with van der Waals surface area (Å²) in [5, 5.41) is 67.5. The van der Waals surface area contributed by atoms with Crippen LogP contribution in [0, 0.1) is 16.0 Å². The van der Waals surface area contributed by atoms with Gasteiger partial charge in [0.25, 0.3) is 0 Å². The van der Waals surface area contributed by atoms with Crippen LogP contribution in [0.1, 0.15) is 6.42 Å². The molecular formula is C11H19NO8. The minimum Gasteiger partial charge on any atom is -0.394 e. The maximum atomic E-state index is 10.9. The van der Waals surface area contributed by atoms with Gasteiger partial charge in [0.05, 0.1) is 18.6 Å². The molecule has 1 rings (SSSR count). The van der Waals surface area contributed by atoms with Crippen LogP contribution in [0.25, 0.3) is 0 Å². The first-order chi connectivity index (χ1) is 9.31. The molecule has 9 heteroatoms. The Bertz CT molecular complexity index is 362. The molecule has 1 aliphatic rings. The average Bonchev–Trinajstić information content (AvgIpc) is 2.43. The van der Waals surface area contributed by atoms with Gasteiger partial charge < -0.3 is 30.6 Å². The molecule has 0 aromatic heterocycles. The van der Waals surface area contributed by atoms with Gasteiger partial charge in [0, 0.05) is 4.92 Å². The van der Waals surface area contributed by atoms with E-state index in [1.165, 1.54) is 12.2 Å². The molecule has 0 saturated carbocycles. The Morgan fingerprint density at radius 2 is 1.85 bits per heavy atom. The summed E-state index contributed by atoms with van der Waals surface area (Å²) in [6.07, 6.45) is -5.89.